The molecule has 6 aliphatic rings. The highest BCUT2D eigenvalue weighted by Crippen LogP contribution is 2.45. The summed E-state index contributed by atoms with van der Waals surface area (Å²) in [4.78, 5) is 49.5. The molecule has 2 saturated carbocycles. The van der Waals surface area contributed by atoms with Crippen molar-refractivity contribution >= 4 is 39.2 Å². The number of imidazole rings is 2. The van der Waals surface area contributed by atoms with Gasteiger partial charge in [-0.3, -0.25) is 28.9 Å². The first-order valence-electron chi connectivity index (χ1n) is 22.5. The predicted molar refractivity (Wildman–Crippen MR) is 257 cm³/mol. The molecule has 344 valence electrons. The number of likely N-dealkylation sites (N-methyl/N-ethyl adjacent to an activating group) is 2. The van der Waals surface area contributed by atoms with Gasteiger partial charge >= 0.3 is 0 Å². The molecule has 2 fully saturated rings. The normalized spacial score (nSPS) is 17.4. The van der Waals surface area contributed by atoms with Gasteiger partial charge in [-0.05, 0) is 117 Å². The van der Waals surface area contributed by atoms with Crippen LogP contribution >= 0.6 is 15.9 Å². The van der Waals surface area contributed by atoms with Crippen molar-refractivity contribution in [1.29, 1.82) is 0 Å². The van der Waals surface area contributed by atoms with Crippen LogP contribution in [0.3, 0.4) is 0 Å². The van der Waals surface area contributed by atoms with Crippen LogP contribution in [-0.4, -0.2) is 90.9 Å². The molecule has 15 nitrogen and oxygen atoms in total. The Hall–Kier alpha value is -5.64. The zero-order valence-electron chi connectivity index (χ0n) is 37.2. The van der Waals surface area contributed by atoms with Gasteiger partial charge in [0, 0.05) is 75.8 Å². The van der Waals surface area contributed by atoms with Gasteiger partial charge in [-0.15, -0.1) is 0 Å². The average Bonchev–Trinajstić information content (AvgIpc) is 4.15. The van der Waals surface area contributed by atoms with E-state index in [4.69, 9.17) is 15.0 Å². The van der Waals surface area contributed by atoms with Crippen molar-refractivity contribution in [3.63, 3.8) is 0 Å². The van der Waals surface area contributed by atoms with Crippen LogP contribution in [0, 0.1) is 13.8 Å². The summed E-state index contributed by atoms with van der Waals surface area (Å²) < 4.78 is 8.83. The van der Waals surface area contributed by atoms with E-state index in [1.807, 2.05) is 67.2 Å². The van der Waals surface area contributed by atoms with Crippen LogP contribution in [0.1, 0.15) is 123 Å². The first kappa shape index (κ1) is 45.9. The summed E-state index contributed by atoms with van der Waals surface area (Å²) in [6.45, 7) is 7.32. The molecule has 3 aliphatic heterocycles. The Balaban J connectivity index is 0.000000144. The fourth-order valence-electron chi connectivity index (χ4n) is 9.51. The fraction of sp³-hybridized carbons (Fsp3) is 0.510. The summed E-state index contributed by atoms with van der Waals surface area (Å²) in [5.41, 5.74) is 14.0. The largest absolute Gasteiger partial charge is 0.338 e. The predicted octanol–water partition coefficient (Wildman–Crippen LogP) is 8.36. The van der Waals surface area contributed by atoms with E-state index in [0.717, 1.165) is 98.7 Å². The molecule has 65 heavy (non-hydrogen) atoms. The first-order chi connectivity index (χ1) is 30.4. The Morgan fingerprint density at radius 2 is 1.14 bits per heavy atom. The summed E-state index contributed by atoms with van der Waals surface area (Å²) in [5.74, 6) is 4.63. The van der Waals surface area contributed by atoms with Crippen molar-refractivity contribution in [1.82, 2.24) is 58.4 Å². The molecule has 16 heteroatoms. The number of carbonyl (C=O) groups is 2. The number of rotatable bonds is 5. The van der Waals surface area contributed by atoms with Crippen LogP contribution in [-0.2, 0) is 69.1 Å². The Morgan fingerprint density at radius 3 is 1.72 bits per heavy atom. The van der Waals surface area contributed by atoms with Gasteiger partial charge in [0.2, 0.25) is 11.8 Å². The highest BCUT2D eigenvalue weighted by molar-refractivity contribution is 9.10. The third-order valence-electron chi connectivity index (χ3n) is 13.3. The number of fused-ring (bicyclic) bond motifs is 4. The minimum atomic E-state index is 0. The van der Waals surface area contributed by atoms with Gasteiger partial charge < -0.3 is 23.8 Å². The highest BCUT2D eigenvalue weighted by atomic mass is 79.9. The molecular weight excluding hydrogens is 883 g/mol. The zero-order valence-corrected chi connectivity index (χ0v) is 38.8. The van der Waals surface area contributed by atoms with E-state index in [9.17, 15) is 9.59 Å². The summed E-state index contributed by atoms with van der Waals surface area (Å²) in [6.07, 6.45) is 19.5. The van der Waals surface area contributed by atoms with E-state index in [1.54, 1.807) is 4.90 Å². The smallest absolute Gasteiger partial charge is 0.242 e. The van der Waals surface area contributed by atoms with E-state index >= 15 is 0 Å². The van der Waals surface area contributed by atoms with Crippen LogP contribution in [0.4, 0.5) is 11.5 Å². The van der Waals surface area contributed by atoms with Gasteiger partial charge in [-0.2, -0.15) is 10.2 Å². The molecule has 2 amide bonds. The number of amides is 2. The Morgan fingerprint density at radius 1 is 0.615 bits per heavy atom. The molecule has 0 unspecified atom stereocenters. The number of carbonyl (C=O) groups excluding carboxylic acids is 2. The summed E-state index contributed by atoms with van der Waals surface area (Å²) in [6, 6.07) is 4.56. The standard InChI is InChI=1S/C23H27N7O.C14H17N3.C10H12BrN3O.2CH4/c1-14-9-18-17(25-21(14)16-10-24-28(3)11-16)5-4-8-29(18)23-19-12-27(2)20(31)13-30(19)22(26-23)15-6-7-15;1-10-7-11-5-3-4-6-13(11)16-14(10)12-8-15-17(2)9-12;1-13-4-7-9(11)12-10(6-2-3-6)14(7)5-8(13)15;;/h9-11,15H,4-8,12-13H2,1-3H3;7-9H,3-6H2,1-2H3;6H,2-5H2,1H3;2*1H4. The van der Waals surface area contributed by atoms with Crippen LogP contribution in [0.15, 0.2) is 41.5 Å². The van der Waals surface area contributed by atoms with Crippen molar-refractivity contribution in [3.05, 3.63) is 92.6 Å². The van der Waals surface area contributed by atoms with Gasteiger partial charge in [0.05, 0.1) is 59.6 Å². The molecule has 6 aromatic rings. The van der Waals surface area contributed by atoms with E-state index in [1.165, 1.54) is 61.8 Å². The van der Waals surface area contributed by atoms with Crippen molar-refractivity contribution in [3.8, 4) is 22.5 Å². The number of nitrogens with zero attached hydrogens (tertiary/aromatic N) is 13. The van der Waals surface area contributed by atoms with Crippen molar-refractivity contribution in [2.45, 2.75) is 131 Å². The maximum absolute atomic E-state index is 12.4. The average molecular weight is 947 g/mol. The third-order valence-corrected chi connectivity index (χ3v) is 13.9. The lowest BCUT2D eigenvalue weighted by atomic mass is 9.93. The first-order valence-corrected chi connectivity index (χ1v) is 23.3. The number of hydrogen-bond donors (Lipinski definition) is 0. The third kappa shape index (κ3) is 9.02. The second-order valence-electron chi connectivity index (χ2n) is 18.3. The van der Waals surface area contributed by atoms with E-state index in [0.29, 0.717) is 38.0 Å². The number of hydrogen-bond acceptors (Lipinski definition) is 9. The second kappa shape index (κ2) is 18.3. The van der Waals surface area contributed by atoms with Crippen molar-refractivity contribution in [2.24, 2.45) is 14.1 Å². The highest BCUT2D eigenvalue weighted by Gasteiger charge is 2.38. The van der Waals surface area contributed by atoms with Gasteiger partial charge in [0.15, 0.2) is 5.82 Å². The lowest BCUT2D eigenvalue weighted by Gasteiger charge is -2.32. The minimum absolute atomic E-state index is 0. The zero-order chi connectivity index (χ0) is 43.7. The second-order valence-corrected chi connectivity index (χ2v) is 19.1. The van der Waals surface area contributed by atoms with E-state index in [-0.39, 0.29) is 26.7 Å². The summed E-state index contributed by atoms with van der Waals surface area (Å²) in [5, 5.41) is 8.54. The Bertz CT molecular complexity index is 2750. The molecule has 6 aromatic heterocycles. The van der Waals surface area contributed by atoms with Gasteiger partial charge in [-0.25, -0.2) is 9.97 Å². The molecule has 0 aromatic carbocycles. The molecule has 0 bridgehead atoms. The van der Waals surface area contributed by atoms with Crippen LogP contribution in [0.2, 0.25) is 0 Å². The van der Waals surface area contributed by atoms with Crippen LogP contribution < -0.4 is 4.90 Å². The van der Waals surface area contributed by atoms with Gasteiger partial charge in [0.25, 0.3) is 0 Å². The minimum Gasteiger partial charge on any atom is -0.338 e. The molecular formula is C49H64BrN13O2. The van der Waals surface area contributed by atoms with Crippen LogP contribution in [0.5, 0.6) is 0 Å². The van der Waals surface area contributed by atoms with Crippen LogP contribution in [0.25, 0.3) is 22.5 Å². The number of anilines is 2. The molecule has 9 heterocycles. The fourth-order valence-corrected chi connectivity index (χ4v) is 10.0. The van der Waals surface area contributed by atoms with Crippen molar-refractivity contribution in [2.75, 3.05) is 25.5 Å². The molecule has 0 saturated heterocycles. The molecule has 3 aliphatic carbocycles. The van der Waals surface area contributed by atoms with Gasteiger partial charge in [-0.1, -0.05) is 20.9 Å². The summed E-state index contributed by atoms with van der Waals surface area (Å²) >= 11 is 3.48. The number of aromatic nitrogens is 10. The lowest BCUT2D eigenvalue weighted by Crippen LogP contribution is -2.37. The van der Waals surface area contributed by atoms with E-state index < -0.39 is 0 Å². The van der Waals surface area contributed by atoms with Crippen molar-refractivity contribution < 1.29 is 9.59 Å². The molecule has 0 atom stereocenters. The Kier molecular flexibility index (Phi) is 12.9. The lowest BCUT2D eigenvalue weighted by molar-refractivity contribution is -0.133. The monoisotopic (exact) mass is 945 g/mol. The quantitative estimate of drug-likeness (QED) is 0.167. The Labute approximate surface area is 391 Å². The SMILES string of the molecule is C.C.CN1Cc2c(Br)nc(C3CC3)n2CC1=O.Cc1cc2c(nc1-c1cnn(C)c1)CCCC2.Cc1cc2c(nc1-c1cnn(C)c1)CCCN2c1nc(C2CC2)n2c1CN(C)C(=O)C2. The topological polar surface area (TPSA) is 141 Å². The molecule has 0 radical (unpaired) electrons. The summed E-state index contributed by atoms with van der Waals surface area (Å²) in [7, 11) is 7.59. The van der Waals surface area contributed by atoms with E-state index in [2.05, 4.69) is 71.1 Å². The maximum atomic E-state index is 12.4. The number of aryl methyl sites for hydroxylation is 7. The molecule has 12 rings (SSSR count). The van der Waals surface area contributed by atoms with Gasteiger partial charge in [0.1, 0.15) is 29.3 Å². The molecule has 0 N–H and O–H groups in total. The number of pyridine rings is 2. The number of halogens is 1. The molecule has 0 spiro atoms. The maximum Gasteiger partial charge on any atom is 0.242 e.